The maximum Gasteiger partial charge on any atom is 0.291 e. The smallest absolute Gasteiger partial charge is 0.291 e. The zero-order valence-corrected chi connectivity index (χ0v) is 16.9. The lowest BCUT2D eigenvalue weighted by Gasteiger charge is -2.32. The Bertz CT molecular complexity index is 1030. The molecule has 3 aromatic rings. The van der Waals surface area contributed by atoms with Crippen molar-refractivity contribution in [2.24, 2.45) is 0 Å². The SMILES string of the molecule is COc1ccc(C(=O)Nc2ccnn2C2CCN(C(=O)c3ocnc3C)CC2)cc1. The maximum absolute atomic E-state index is 12.6. The minimum absolute atomic E-state index is 0.0889. The Balaban J connectivity index is 1.39. The highest BCUT2D eigenvalue weighted by atomic mass is 16.5. The van der Waals surface area contributed by atoms with Crippen LogP contribution in [-0.4, -0.2) is 51.7 Å². The second-order valence-electron chi connectivity index (χ2n) is 7.13. The Kier molecular flexibility index (Phi) is 5.51. The lowest BCUT2D eigenvalue weighted by atomic mass is 10.0. The molecule has 9 heteroatoms. The van der Waals surface area contributed by atoms with Gasteiger partial charge in [0.2, 0.25) is 5.76 Å². The molecule has 0 unspecified atom stereocenters. The van der Waals surface area contributed by atoms with Crippen molar-refractivity contribution < 1.29 is 18.7 Å². The van der Waals surface area contributed by atoms with Crippen molar-refractivity contribution >= 4 is 17.6 Å². The molecule has 1 fully saturated rings. The summed E-state index contributed by atoms with van der Waals surface area (Å²) in [5, 5.41) is 7.32. The van der Waals surface area contributed by atoms with E-state index in [2.05, 4.69) is 15.4 Å². The Morgan fingerprint density at radius 3 is 2.53 bits per heavy atom. The molecular weight excluding hydrogens is 386 g/mol. The number of nitrogens with one attached hydrogen (secondary N) is 1. The minimum Gasteiger partial charge on any atom is -0.497 e. The van der Waals surface area contributed by atoms with Crippen LogP contribution >= 0.6 is 0 Å². The molecule has 2 amide bonds. The molecular formula is C21H23N5O4. The maximum atomic E-state index is 12.6. The number of carbonyl (C=O) groups is 2. The van der Waals surface area contributed by atoms with Gasteiger partial charge >= 0.3 is 0 Å². The van der Waals surface area contributed by atoms with Gasteiger partial charge in [-0.3, -0.25) is 9.59 Å². The van der Waals surface area contributed by atoms with Crippen molar-refractivity contribution in [3.8, 4) is 5.75 Å². The minimum atomic E-state index is -0.215. The summed E-state index contributed by atoms with van der Waals surface area (Å²) in [4.78, 5) is 30.9. The third kappa shape index (κ3) is 3.91. The first-order valence-corrected chi connectivity index (χ1v) is 9.75. The van der Waals surface area contributed by atoms with Crippen LogP contribution in [0, 0.1) is 6.92 Å². The number of carbonyl (C=O) groups excluding carboxylic acids is 2. The summed E-state index contributed by atoms with van der Waals surface area (Å²) in [5.41, 5.74) is 1.13. The lowest BCUT2D eigenvalue weighted by molar-refractivity contribution is 0.0658. The van der Waals surface area contributed by atoms with Gasteiger partial charge in [-0.25, -0.2) is 9.67 Å². The Morgan fingerprint density at radius 1 is 1.17 bits per heavy atom. The molecule has 4 rings (SSSR count). The molecule has 156 valence electrons. The van der Waals surface area contributed by atoms with Crippen molar-refractivity contribution in [1.29, 1.82) is 0 Å². The monoisotopic (exact) mass is 409 g/mol. The average molecular weight is 409 g/mol. The number of amides is 2. The van der Waals surface area contributed by atoms with E-state index < -0.39 is 0 Å². The number of likely N-dealkylation sites (tertiary alicyclic amines) is 1. The number of aryl methyl sites for hydroxylation is 1. The molecule has 9 nitrogen and oxygen atoms in total. The largest absolute Gasteiger partial charge is 0.497 e. The number of hydrogen-bond acceptors (Lipinski definition) is 6. The zero-order valence-electron chi connectivity index (χ0n) is 16.9. The van der Waals surface area contributed by atoms with Gasteiger partial charge in [0.25, 0.3) is 11.8 Å². The molecule has 0 radical (unpaired) electrons. The van der Waals surface area contributed by atoms with Crippen LogP contribution in [0.15, 0.2) is 47.3 Å². The Labute approximate surface area is 173 Å². The summed E-state index contributed by atoms with van der Waals surface area (Å²) in [5.74, 6) is 1.26. The van der Waals surface area contributed by atoms with Gasteiger partial charge < -0.3 is 19.4 Å². The Morgan fingerprint density at radius 2 is 1.90 bits per heavy atom. The quantitative estimate of drug-likeness (QED) is 0.695. The van der Waals surface area contributed by atoms with Crippen LogP contribution < -0.4 is 10.1 Å². The van der Waals surface area contributed by atoms with Crippen LogP contribution in [-0.2, 0) is 0 Å². The summed E-state index contributed by atoms with van der Waals surface area (Å²) < 4.78 is 12.2. The summed E-state index contributed by atoms with van der Waals surface area (Å²) in [6.07, 6.45) is 4.41. The highest BCUT2D eigenvalue weighted by Crippen LogP contribution is 2.27. The van der Waals surface area contributed by atoms with Gasteiger partial charge in [-0.1, -0.05) is 0 Å². The van der Waals surface area contributed by atoms with Gasteiger partial charge in [-0.05, 0) is 44.0 Å². The molecule has 1 aromatic carbocycles. The van der Waals surface area contributed by atoms with E-state index in [1.54, 1.807) is 55.5 Å². The number of oxazole rings is 1. The van der Waals surface area contributed by atoms with Crippen LogP contribution in [0.4, 0.5) is 5.82 Å². The number of nitrogens with zero attached hydrogens (tertiary/aromatic N) is 4. The molecule has 2 aromatic heterocycles. The van der Waals surface area contributed by atoms with Crippen LogP contribution in [0.2, 0.25) is 0 Å². The normalized spacial score (nSPS) is 14.5. The number of ether oxygens (including phenoxy) is 1. The standard InChI is InChI=1S/C21H23N5O4/c1-14-19(30-13-22-14)21(28)25-11-8-16(9-12-25)26-18(7-10-23-26)24-20(27)15-3-5-17(29-2)6-4-15/h3-7,10,13,16H,8-9,11-12H2,1-2H3,(H,24,27). The van der Waals surface area contributed by atoms with Crippen molar-refractivity contribution in [3.63, 3.8) is 0 Å². The molecule has 0 spiro atoms. The topological polar surface area (TPSA) is 102 Å². The third-order valence-corrected chi connectivity index (χ3v) is 5.30. The molecule has 0 aliphatic carbocycles. The van der Waals surface area contributed by atoms with E-state index in [-0.39, 0.29) is 17.9 Å². The average Bonchev–Trinajstić information content (AvgIpc) is 3.42. The first-order chi connectivity index (χ1) is 14.6. The first-order valence-electron chi connectivity index (χ1n) is 9.75. The van der Waals surface area contributed by atoms with E-state index >= 15 is 0 Å². The second-order valence-corrected chi connectivity index (χ2v) is 7.13. The van der Waals surface area contributed by atoms with Crippen LogP contribution in [0.1, 0.15) is 45.5 Å². The zero-order chi connectivity index (χ0) is 21.1. The number of anilines is 1. The van der Waals surface area contributed by atoms with Gasteiger partial charge in [0.1, 0.15) is 11.6 Å². The van der Waals surface area contributed by atoms with E-state index in [0.29, 0.717) is 41.7 Å². The van der Waals surface area contributed by atoms with E-state index in [1.165, 1.54) is 6.39 Å². The fraction of sp³-hybridized carbons (Fsp3) is 0.333. The number of aromatic nitrogens is 3. The van der Waals surface area contributed by atoms with E-state index in [0.717, 1.165) is 12.8 Å². The molecule has 1 aliphatic heterocycles. The lowest BCUT2D eigenvalue weighted by Crippen LogP contribution is -2.39. The van der Waals surface area contributed by atoms with Gasteiger partial charge in [0.05, 0.1) is 25.0 Å². The summed E-state index contributed by atoms with van der Waals surface area (Å²) in [6, 6.07) is 8.78. The van der Waals surface area contributed by atoms with Crippen molar-refractivity contribution in [3.05, 3.63) is 59.9 Å². The molecule has 0 bridgehead atoms. The Hall–Kier alpha value is -3.62. The molecule has 1 saturated heterocycles. The highest BCUT2D eigenvalue weighted by Gasteiger charge is 2.28. The second kappa shape index (κ2) is 8.40. The fourth-order valence-corrected chi connectivity index (χ4v) is 3.60. The van der Waals surface area contributed by atoms with Crippen molar-refractivity contribution in [1.82, 2.24) is 19.7 Å². The molecule has 30 heavy (non-hydrogen) atoms. The fourth-order valence-electron chi connectivity index (χ4n) is 3.60. The highest BCUT2D eigenvalue weighted by molar-refractivity contribution is 6.03. The van der Waals surface area contributed by atoms with Gasteiger partial charge in [0.15, 0.2) is 6.39 Å². The van der Waals surface area contributed by atoms with Crippen molar-refractivity contribution in [2.45, 2.75) is 25.8 Å². The predicted octanol–water partition coefficient (Wildman–Crippen LogP) is 2.92. The van der Waals surface area contributed by atoms with E-state index in [9.17, 15) is 9.59 Å². The van der Waals surface area contributed by atoms with Gasteiger partial charge in [0, 0.05) is 24.7 Å². The molecule has 1 aliphatic rings. The summed E-state index contributed by atoms with van der Waals surface area (Å²) in [6.45, 7) is 2.91. The van der Waals surface area contributed by atoms with Crippen LogP contribution in [0.25, 0.3) is 0 Å². The predicted molar refractivity (Wildman–Crippen MR) is 109 cm³/mol. The van der Waals surface area contributed by atoms with E-state index in [4.69, 9.17) is 9.15 Å². The summed E-state index contributed by atoms with van der Waals surface area (Å²) >= 11 is 0. The van der Waals surface area contributed by atoms with Gasteiger partial charge in [-0.2, -0.15) is 5.10 Å². The first kappa shape index (κ1) is 19.7. The summed E-state index contributed by atoms with van der Waals surface area (Å²) in [7, 11) is 1.58. The van der Waals surface area contributed by atoms with Crippen LogP contribution in [0.3, 0.4) is 0 Å². The van der Waals surface area contributed by atoms with Gasteiger partial charge in [-0.15, -0.1) is 0 Å². The van der Waals surface area contributed by atoms with Crippen molar-refractivity contribution in [2.75, 3.05) is 25.5 Å². The molecule has 3 heterocycles. The number of benzene rings is 1. The number of piperidine rings is 1. The van der Waals surface area contributed by atoms with Crippen LogP contribution in [0.5, 0.6) is 5.75 Å². The number of hydrogen-bond donors (Lipinski definition) is 1. The third-order valence-electron chi connectivity index (χ3n) is 5.30. The van der Waals surface area contributed by atoms with E-state index in [1.807, 2.05) is 4.68 Å². The molecule has 0 atom stereocenters. The molecule has 0 saturated carbocycles. The number of methoxy groups -OCH3 is 1. The molecule has 1 N–H and O–H groups in total. The number of rotatable bonds is 5.